The monoisotopic (exact) mass is 270 g/mol. The van der Waals surface area contributed by atoms with Crippen molar-refractivity contribution < 1.29 is 4.39 Å². The lowest BCUT2D eigenvalue weighted by Gasteiger charge is -2.39. The van der Waals surface area contributed by atoms with Gasteiger partial charge in [-0.3, -0.25) is 0 Å². The maximum atomic E-state index is 14.3. The van der Waals surface area contributed by atoms with E-state index in [2.05, 4.69) is 31.0 Å². The highest BCUT2D eigenvalue weighted by Gasteiger charge is 2.32. The Balaban J connectivity index is 1.75. The van der Waals surface area contributed by atoms with E-state index in [1.807, 2.05) is 0 Å². The molecule has 0 aliphatic carbocycles. The van der Waals surface area contributed by atoms with E-state index in [0.29, 0.717) is 6.54 Å². The van der Waals surface area contributed by atoms with Gasteiger partial charge in [0.15, 0.2) is 0 Å². The quantitative estimate of drug-likeness (QED) is 0.848. The summed E-state index contributed by atoms with van der Waals surface area (Å²) in [6.07, 6.45) is 3.98. The van der Waals surface area contributed by atoms with Crippen LogP contribution < -0.4 is 5.32 Å². The average molecular weight is 270 g/mol. The molecular weight excluding hydrogens is 239 g/mol. The fourth-order valence-electron chi connectivity index (χ4n) is 3.63. The van der Waals surface area contributed by atoms with Crippen molar-refractivity contribution in [1.29, 1.82) is 0 Å². The summed E-state index contributed by atoms with van der Waals surface area (Å²) in [4.78, 5) is 2.37. The molecule has 2 nitrogen and oxygen atoms in total. The van der Waals surface area contributed by atoms with Gasteiger partial charge in [0.25, 0.3) is 0 Å². The minimum Gasteiger partial charge on any atom is -0.317 e. The van der Waals surface area contributed by atoms with E-state index >= 15 is 0 Å². The number of nitrogens with one attached hydrogen (secondary N) is 1. The van der Waals surface area contributed by atoms with Crippen molar-refractivity contribution in [2.75, 3.05) is 32.7 Å². The molecule has 2 aliphatic rings. The van der Waals surface area contributed by atoms with Crippen molar-refractivity contribution in [2.45, 2.75) is 52.6 Å². The van der Waals surface area contributed by atoms with Gasteiger partial charge in [-0.05, 0) is 62.6 Å². The highest BCUT2D eigenvalue weighted by Crippen LogP contribution is 2.33. The van der Waals surface area contributed by atoms with E-state index in [-0.39, 0.29) is 11.3 Å². The molecular formula is C16H31FN2. The fraction of sp³-hybridized carbons (Fsp3) is 1.00. The smallest absolute Gasteiger partial charge is 0.116 e. The Bertz CT molecular complexity index is 268. The van der Waals surface area contributed by atoms with Crippen molar-refractivity contribution in [3.8, 4) is 0 Å². The lowest BCUT2D eigenvalue weighted by Crippen LogP contribution is -2.45. The van der Waals surface area contributed by atoms with Gasteiger partial charge < -0.3 is 10.2 Å². The second-order valence-corrected chi connectivity index (χ2v) is 7.78. The molecule has 0 radical (unpaired) electrons. The fourth-order valence-corrected chi connectivity index (χ4v) is 3.63. The third kappa shape index (κ3) is 5.03. The Morgan fingerprint density at radius 2 is 1.84 bits per heavy atom. The second kappa shape index (κ2) is 6.53. The van der Waals surface area contributed by atoms with Crippen LogP contribution >= 0.6 is 0 Å². The van der Waals surface area contributed by atoms with Crippen LogP contribution in [0, 0.1) is 17.3 Å². The second-order valence-electron chi connectivity index (χ2n) is 7.78. The summed E-state index contributed by atoms with van der Waals surface area (Å²) < 4.78 is 14.3. The van der Waals surface area contributed by atoms with Gasteiger partial charge >= 0.3 is 0 Å². The van der Waals surface area contributed by atoms with Gasteiger partial charge in [-0.1, -0.05) is 20.8 Å². The van der Waals surface area contributed by atoms with Gasteiger partial charge in [0.05, 0.1) is 0 Å². The van der Waals surface area contributed by atoms with Crippen LogP contribution in [0.15, 0.2) is 0 Å². The highest BCUT2D eigenvalue weighted by atomic mass is 19.1. The van der Waals surface area contributed by atoms with Crippen molar-refractivity contribution >= 4 is 0 Å². The highest BCUT2D eigenvalue weighted by molar-refractivity contribution is 4.84. The Morgan fingerprint density at radius 3 is 2.42 bits per heavy atom. The van der Waals surface area contributed by atoms with Crippen molar-refractivity contribution in [2.24, 2.45) is 17.3 Å². The van der Waals surface area contributed by atoms with Crippen LogP contribution in [0.25, 0.3) is 0 Å². The van der Waals surface area contributed by atoms with Crippen LogP contribution in [0.4, 0.5) is 4.39 Å². The third-order valence-electron chi connectivity index (χ3n) is 4.61. The molecule has 112 valence electrons. The number of piperidine rings is 2. The molecule has 2 heterocycles. The lowest BCUT2D eigenvalue weighted by atomic mass is 9.79. The van der Waals surface area contributed by atoms with E-state index in [0.717, 1.165) is 44.9 Å². The van der Waals surface area contributed by atoms with Crippen LogP contribution in [-0.4, -0.2) is 43.8 Å². The van der Waals surface area contributed by atoms with Crippen LogP contribution in [-0.2, 0) is 0 Å². The zero-order valence-corrected chi connectivity index (χ0v) is 12.9. The molecule has 0 unspecified atom stereocenters. The third-order valence-corrected chi connectivity index (χ3v) is 4.61. The predicted octanol–water partition coefficient (Wildman–Crippen LogP) is 3.08. The molecule has 0 aromatic carbocycles. The minimum atomic E-state index is -0.616. The number of rotatable bonds is 3. The van der Waals surface area contributed by atoms with Gasteiger partial charge in [0.2, 0.25) is 0 Å². The first-order chi connectivity index (χ1) is 8.94. The normalized spacial score (nSPS) is 31.6. The van der Waals surface area contributed by atoms with E-state index in [4.69, 9.17) is 0 Å². The topological polar surface area (TPSA) is 15.3 Å². The molecule has 0 bridgehead atoms. The maximum absolute atomic E-state index is 14.3. The molecule has 2 fully saturated rings. The zero-order chi connectivity index (χ0) is 13.9. The van der Waals surface area contributed by atoms with Crippen LogP contribution in [0.5, 0.6) is 0 Å². The zero-order valence-electron chi connectivity index (χ0n) is 12.9. The SMILES string of the molecule is CC(C)(C)C[C@@H]1CCN(CC2CCNCC2)C[C@@H]1F. The van der Waals surface area contributed by atoms with Gasteiger partial charge in [-0.15, -0.1) is 0 Å². The Labute approximate surface area is 118 Å². The summed E-state index contributed by atoms with van der Waals surface area (Å²) in [6.45, 7) is 11.8. The van der Waals surface area contributed by atoms with Crippen molar-refractivity contribution in [3.05, 3.63) is 0 Å². The van der Waals surface area contributed by atoms with E-state index < -0.39 is 6.17 Å². The predicted molar refractivity (Wildman–Crippen MR) is 79.1 cm³/mol. The first-order valence-electron chi connectivity index (χ1n) is 8.01. The molecule has 0 saturated carbocycles. The number of likely N-dealkylation sites (tertiary alicyclic amines) is 1. The standard InChI is InChI=1S/C16H31FN2/c1-16(2,3)10-14-6-9-19(12-15(14)17)11-13-4-7-18-8-5-13/h13-15,18H,4-12H2,1-3H3/t14-,15-/m0/s1. The molecule has 2 saturated heterocycles. The molecule has 19 heavy (non-hydrogen) atoms. The summed E-state index contributed by atoms with van der Waals surface area (Å²) in [5, 5.41) is 3.40. The van der Waals surface area contributed by atoms with E-state index in [9.17, 15) is 4.39 Å². The molecule has 3 heteroatoms. The van der Waals surface area contributed by atoms with E-state index in [1.54, 1.807) is 0 Å². The molecule has 0 aromatic heterocycles. The summed E-state index contributed by atoms with van der Waals surface area (Å²) in [5.41, 5.74) is 0.256. The van der Waals surface area contributed by atoms with Crippen LogP contribution in [0.1, 0.15) is 46.5 Å². The van der Waals surface area contributed by atoms with Gasteiger partial charge in [-0.25, -0.2) is 4.39 Å². The van der Waals surface area contributed by atoms with Gasteiger partial charge in [-0.2, -0.15) is 0 Å². The Hall–Kier alpha value is -0.150. The maximum Gasteiger partial charge on any atom is 0.116 e. The first kappa shape index (κ1) is 15.2. The van der Waals surface area contributed by atoms with Gasteiger partial charge in [0, 0.05) is 13.1 Å². The molecule has 0 spiro atoms. The molecule has 2 rings (SSSR count). The summed E-state index contributed by atoms with van der Waals surface area (Å²) in [7, 11) is 0. The molecule has 2 atom stereocenters. The largest absolute Gasteiger partial charge is 0.317 e. The van der Waals surface area contributed by atoms with E-state index in [1.165, 1.54) is 12.8 Å². The molecule has 2 aliphatic heterocycles. The molecule has 0 aromatic rings. The van der Waals surface area contributed by atoms with Crippen LogP contribution in [0.2, 0.25) is 0 Å². The summed E-state index contributed by atoms with van der Waals surface area (Å²) >= 11 is 0. The average Bonchev–Trinajstić information content (AvgIpc) is 2.33. The number of nitrogens with zero attached hydrogens (tertiary/aromatic N) is 1. The number of hydrogen-bond donors (Lipinski definition) is 1. The summed E-state index contributed by atoms with van der Waals surface area (Å²) in [5.74, 6) is 1.07. The number of halogens is 1. The lowest BCUT2D eigenvalue weighted by molar-refractivity contribution is 0.0510. The molecule has 1 N–H and O–H groups in total. The van der Waals surface area contributed by atoms with Crippen LogP contribution in [0.3, 0.4) is 0 Å². The first-order valence-corrected chi connectivity index (χ1v) is 8.01. The number of alkyl halides is 1. The summed E-state index contributed by atoms with van der Waals surface area (Å²) in [6, 6.07) is 0. The van der Waals surface area contributed by atoms with Gasteiger partial charge in [0.1, 0.15) is 6.17 Å². The molecule has 0 amide bonds. The Morgan fingerprint density at radius 1 is 1.16 bits per heavy atom. The van der Waals surface area contributed by atoms with Crippen molar-refractivity contribution in [3.63, 3.8) is 0 Å². The number of hydrogen-bond acceptors (Lipinski definition) is 2. The Kier molecular flexibility index (Phi) is 5.24. The van der Waals surface area contributed by atoms with Crippen molar-refractivity contribution in [1.82, 2.24) is 10.2 Å². The minimum absolute atomic E-state index is 0.256.